The number of hydrogen-bond acceptors (Lipinski definition) is 7. The van der Waals surface area contributed by atoms with Crippen molar-refractivity contribution in [3.63, 3.8) is 0 Å². The summed E-state index contributed by atoms with van der Waals surface area (Å²) >= 11 is 7.04. The highest BCUT2D eigenvalue weighted by Crippen LogP contribution is 2.40. The number of nitrogens with one attached hydrogen (secondary N) is 1. The van der Waals surface area contributed by atoms with E-state index in [1.165, 1.54) is 0 Å². The number of fused-ring (bicyclic) bond motifs is 1. The van der Waals surface area contributed by atoms with Crippen LogP contribution >= 0.6 is 11.6 Å². The van der Waals surface area contributed by atoms with Crippen LogP contribution in [0.15, 0.2) is 66.9 Å². The summed E-state index contributed by atoms with van der Waals surface area (Å²) in [5.41, 5.74) is 8.04. The molecule has 0 aliphatic rings. The smallest absolute Gasteiger partial charge is 0.218 e. The van der Waals surface area contributed by atoms with E-state index in [1.807, 2.05) is 75.6 Å². The maximum absolute atomic E-state index is 7.04. The van der Waals surface area contributed by atoms with Gasteiger partial charge in [0.05, 0.1) is 23.3 Å². The molecule has 0 bridgehead atoms. The molecule has 192 valence electrons. The van der Waals surface area contributed by atoms with Crippen molar-refractivity contribution in [1.29, 1.82) is 0 Å². The molecule has 7 nitrogen and oxygen atoms in total. The number of ether oxygens (including phenoxy) is 1. The maximum atomic E-state index is 7.04. The molecule has 8 heteroatoms. The minimum absolute atomic E-state index is 0.598. The minimum atomic E-state index is 0.598. The van der Waals surface area contributed by atoms with E-state index in [-0.39, 0.29) is 0 Å². The van der Waals surface area contributed by atoms with Crippen molar-refractivity contribution in [2.75, 3.05) is 26.5 Å². The van der Waals surface area contributed by atoms with E-state index in [4.69, 9.17) is 21.3 Å². The molecule has 0 aliphatic heterocycles. The number of anilines is 2. The maximum Gasteiger partial charge on any atom is 0.218 e. The molecule has 3 heterocycles. The number of benzene rings is 2. The lowest BCUT2D eigenvalue weighted by Crippen LogP contribution is -2.12. The van der Waals surface area contributed by atoms with Gasteiger partial charge in [0, 0.05) is 35.1 Å². The van der Waals surface area contributed by atoms with Crippen molar-refractivity contribution < 1.29 is 4.74 Å². The summed E-state index contributed by atoms with van der Waals surface area (Å²) in [7, 11) is 5.68. The first-order chi connectivity index (χ1) is 18.4. The highest BCUT2D eigenvalue weighted by molar-refractivity contribution is 6.36. The van der Waals surface area contributed by atoms with Crippen LogP contribution in [0.4, 0.5) is 11.5 Å². The van der Waals surface area contributed by atoms with Gasteiger partial charge in [0.15, 0.2) is 5.82 Å². The van der Waals surface area contributed by atoms with Crippen molar-refractivity contribution in [2.24, 2.45) is 0 Å². The van der Waals surface area contributed by atoms with Gasteiger partial charge in [-0.2, -0.15) is 0 Å². The number of methoxy groups -OCH3 is 1. The number of pyridine rings is 2. The van der Waals surface area contributed by atoms with Crippen LogP contribution in [0.5, 0.6) is 5.88 Å². The van der Waals surface area contributed by atoms with Crippen LogP contribution in [0, 0.1) is 13.8 Å². The molecule has 0 saturated heterocycles. The van der Waals surface area contributed by atoms with Crippen LogP contribution in [-0.4, -0.2) is 46.0 Å². The molecule has 38 heavy (non-hydrogen) atoms. The van der Waals surface area contributed by atoms with E-state index in [1.54, 1.807) is 13.3 Å². The first-order valence-corrected chi connectivity index (χ1v) is 12.7. The van der Waals surface area contributed by atoms with Crippen LogP contribution in [0.1, 0.15) is 17.0 Å². The van der Waals surface area contributed by atoms with Crippen LogP contribution in [0.25, 0.3) is 33.4 Å². The number of halogens is 1. The second-order valence-electron chi connectivity index (χ2n) is 9.36. The monoisotopic (exact) mass is 524 g/mol. The summed E-state index contributed by atoms with van der Waals surface area (Å²) in [6.07, 6.45) is 1.75. The standard InChI is InChI=1S/C30H29ClN6O/c1-18-21(9-7-12-24(18)35-29-28-26(13-8-16-32-28)33-19(2)34-29)22-10-6-11-23(27(22)31)25-15-14-20(17-37(3)4)30(36-25)38-5/h6-16H,17H2,1-5H3,(H,33,34,35). The van der Waals surface area contributed by atoms with E-state index >= 15 is 0 Å². The Hall–Kier alpha value is -4.07. The molecule has 0 spiro atoms. The second-order valence-corrected chi connectivity index (χ2v) is 9.74. The van der Waals surface area contributed by atoms with Gasteiger partial charge in [-0.05, 0) is 63.3 Å². The van der Waals surface area contributed by atoms with Crippen LogP contribution in [0.2, 0.25) is 5.02 Å². The van der Waals surface area contributed by atoms with E-state index in [9.17, 15) is 0 Å². The quantitative estimate of drug-likeness (QED) is 0.250. The Morgan fingerprint density at radius 3 is 2.42 bits per heavy atom. The summed E-state index contributed by atoms with van der Waals surface area (Å²) < 4.78 is 5.59. The van der Waals surface area contributed by atoms with Crippen LogP contribution < -0.4 is 10.1 Å². The third-order valence-corrected chi connectivity index (χ3v) is 6.74. The average Bonchev–Trinajstić information content (AvgIpc) is 2.90. The van der Waals surface area contributed by atoms with E-state index in [0.717, 1.165) is 56.8 Å². The number of aryl methyl sites for hydroxylation is 1. The normalized spacial score (nSPS) is 11.2. The first kappa shape index (κ1) is 25.6. The predicted octanol–water partition coefficient (Wildman–Crippen LogP) is 6.84. The zero-order chi connectivity index (χ0) is 26.8. The molecular weight excluding hydrogens is 496 g/mol. The molecule has 0 amide bonds. The zero-order valence-electron chi connectivity index (χ0n) is 22.1. The SMILES string of the molecule is COc1nc(-c2cccc(-c3cccc(Nc4nc(C)nc5cccnc45)c3C)c2Cl)ccc1CN(C)C. The lowest BCUT2D eigenvalue weighted by atomic mass is 9.96. The van der Waals surface area contributed by atoms with Gasteiger partial charge in [0.2, 0.25) is 5.88 Å². The zero-order valence-corrected chi connectivity index (χ0v) is 22.8. The van der Waals surface area contributed by atoms with Gasteiger partial charge in [0.1, 0.15) is 11.3 Å². The van der Waals surface area contributed by atoms with Crippen molar-refractivity contribution in [1.82, 2.24) is 24.8 Å². The fraction of sp³-hybridized carbons (Fsp3) is 0.200. The molecular formula is C30H29ClN6O. The van der Waals surface area contributed by atoms with Gasteiger partial charge in [-0.1, -0.05) is 48.0 Å². The lowest BCUT2D eigenvalue weighted by Gasteiger charge is -2.17. The lowest BCUT2D eigenvalue weighted by molar-refractivity contribution is 0.362. The summed E-state index contributed by atoms with van der Waals surface area (Å²) in [4.78, 5) is 20.5. The Kier molecular flexibility index (Phi) is 7.22. The summed E-state index contributed by atoms with van der Waals surface area (Å²) in [6, 6.07) is 20.0. The molecule has 1 N–H and O–H groups in total. The second kappa shape index (κ2) is 10.7. The van der Waals surface area contributed by atoms with Gasteiger partial charge in [-0.15, -0.1) is 0 Å². The van der Waals surface area contributed by atoms with Gasteiger partial charge < -0.3 is 15.0 Å². The summed E-state index contributed by atoms with van der Waals surface area (Å²) in [5.74, 6) is 1.94. The third-order valence-electron chi connectivity index (χ3n) is 6.34. The Balaban J connectivity index is 1.54. The molecule has 0 atom stereocenters. The Morgan fingerprint density at radius 1 is 0.868 bits per heavy atom. The highest BCUT2D eigenvalue weighted by atomic mass is 35.5. The highest BCUT2D eigenvalue weighted by Gasteiger charge is 2.17. The van der Waals surface area contributed by atoms with Crippen LogP contribution in [-0.2, 0) is 6.54 Å². The fourth-order valence-corrected chi connectivity index (χ4v) is 4.88. The van der Waals surface area contributed by atoms with Gasteiger partial charge >= 0.3 is 0 Å². The summed E-state index contributed by atoms with van der Waals surface area (Å²) in [6.45, 7) is 4.68. The molecule has 0 saturated carbocycles. The van der Waals surface area contributed by atoms with Gasteiger partial charge in [-0.25, -0.2) is 15.0 Å². The first-order valence-electron chi connectivity index (χ1n) is 12.3. The van der Waals surface area contributed by atoms with Crippen molar-refractivity contribution >= 4 is 34.1 Å². The topological polar surface area (TPSA) is 76.1 Å². The number of rotatable bonds is 7. The van der Waals surface area contributed by atoms with Crippen molar-refractivity contribution in [3.05, 3.63) is 88.8 Å². The molecule has 0 radical (unpaired) electrons. The average molecular weight is 525 g/mol. The van der Waals surface area contributed by atoms with Crippen molar-refractivity contribution in [3.8, 4) is 28.3 Å². The fourth-order valence-electron chi connectivity index (χ4n) is 4.56. The Morgan fingerprint density at radius 2 is 1.63 bits per heavy atom. The van der Waals surface area contributed by atoms with Gasteiger partial charge in [-0.3, -0.25) is 4.98 Å². The van der Waals surface area contributed by atoms with Gasteiger partial charge in [0.25, 0.3) is 0 Å². The Labute approximate surface area is 227 Å². The van der Waals surface area contributed by atoms with E-state index in [0.29, 0.717) is 22.5 Å². The van der Waals surface area contributed by atoms with E-state index < -0.39 is 0 Å². The molecule has 5 rings (SSSR count). The third kappa shape index (κ3) is 5.03. The minimum Gasteiger partial charge on any atom is -0.481 e. The van der Waals surface area contributed by atoms with Crippen molar-refractivity contribution in [2.45, 2.75) is 20.4 Å². The summed E-state index contributed by atoms with van der Waals surface area (Å²) in [5, 5.41) is 4.11. The molecule has 0 fully saturated rings. The predicted molar refractivity (Wildman–Crippen MR) is 154 cm³/mol. The molecule has 2 aromatic carbocycles. The molecule has 0 unspecified atom stereocenters. The largest absolute Gasteiger partial charge is 0.481 e. The van der Waals surface area contributed by atoms with E-state index in [2.05, 4.69) is 38.2 Å². The molecule has 5 aromatic rings. The number of nitrogens with zero attached hydrogens (tertiary/aromatic N) is 5. The number of hydrogen-bond donors (Lipinski definition) is 1. The number of aromatic nitrogens is 4. The Bertz CT molecular complexity index is 1640. The molecule has 0 aliphatic carbocycles. The molecule has 3 aromatic heterocycles. The van der Waals surface area contributed by atoms with Crippen LogP contribution in [0.3, 0.4) is 0 Å².